The number of nitrogens with zero attached hydrogens (tertiary/aromatic N) is 2. The van der Waals surface area contributed by atoms with Crippen molar-refractivity contribution >= 4 is 23.2 Å². The molecule has 4 rings (SSSR count). The Balaban J connectivity index is 1.36. The highest BCUT2D eigenvalue weighted by Gasteiger charge is 2.43. The lowest BCUT2D eigenvalue weighted by molar-refractivity contribution is -0.947. The number of hydrogen-bond donors (Lipinski definition) is 2. The van der Waals surface area contributed by atoms with Crippen LogP contribution in [-0.4, -0.2) is 66.0 Å². The molecule has 6 nitrogen and oxygen atoms in total. The van der Waals surface area contributed by atoms with E-state index in [1.54, 1.807) is 0 Å². The Hall–Kier alpha value is -2.70. The molecule has 0 saturated carbocycles. The van der Waals surface area contributed by atoms with Crippen LogP contribution in [-0.2, 0) is 9.59 Å². The van der Waals surface area contributed by atoms with Gasteiger partial charge in [0, 0.05) is 17.8 Å². The molecular formula is C38H59N4O2+. The maximum atomic E-state index is 13.9. The van der Waals surface area contributed by atoms with E-state index in [0.29, 0.717) is 0 Å². The van der Waals surface area contributed by atoms with E-state index in [2.05, 4.69) is 81.3 Å². The molecule has 2 aliphatic heterocycles. The number of unbranched alkanes of at least 4 members (excludes halogenated alkanes) is 3. The monoisotopic (exact) mass is 603 g/mol. The first-order chi connectivity index (χ1) is 21.1. The second kappa shape index (κ2) is 16.0. The van der Waals surface area contributed by atoms with E-state index in [-0.39, 0.29) is 23.9 Å². The summed E-state index contributed by atoms with van der Waals surface area (Å²) in [5.41, 5.74) is 7.74. The number of anilines is 2. The molecule has 0 radical (unpaired) electrons. The minimum atomic E-state index is -0.0467. The van der Waals surface area contributed by atoms with Crippen LogP contribution in [0.15, 0.2) is 30.3 Å². The molecule has 2 fully saturated rings. The number of quaternary nitrogens is 1. The maximum Gasteiger partial charge on any atom is 0.282 e. The van der Waals surface area contributed by atoms with Gasteiger partial charge in [0.15, 0.2) is 6.04 Å². The van der Waals surface area contributed by atoms with E-state index in [0.717, 1.165) is 129 Å². The normalized spacial score (nSPS) is 22.5. The third-order valence-corrected chi connectivity index (χ3v) is 10.4. The number of carbonyl (C=O) groups is 2. The first-order valence-electron chi connectivity index (χ1n) is 17.5. The second-order valence-corrected chi connectivity index (χ2v) is 13.9. The zero-order valence-electron chi connectivity index (χ0n) is 28.6. The Morgan fingerprint density at radius 2 is 1.41 bits per heavy atom. The maximum absolute atomic E-state index is 13.9. The average molecular weight is 604 g/mol. The molecule has 0 bridgehead atoms. The van der Waals surface area contributed by atoms with Crippen molar-refractivity contribution in [3.05, 3.63) is 58.1 Å². The fourth-order valence-electron chi connectivity index (χ4n) is 7.97. The number of amides is 2. The summed E-state index contributed by atoms with van der Waals surface area (Å²) in [5, 5.41) is 6.66. The SMILES string of the molecule is CCCC[N+]1(CCCCCN2CCCCC2C(=O)Nc2c(C)cccc2C)CCCCC1C(=O)Nc1c(C)cc(C)cc1C. The van der Waals surface area contributed by atoms with E-state index in [1.165, 1.54) is 18.4 Å². The predicted molar refractivity (Wildman–Crippen MR) is 184 cm³/mol. The molecule has 2 aliphatic rings. The van der Waals surface area contributed by atoms with Crippen molar-refractivity contribution in [3.63, 3.8) is 0 Å². The van der Waals surface area contributed by atoms with Crippen molar-refractivity contribution < 1.29 is 14.1 Å². The Morgan fingerprint density at radius 3 is 2.11 bits per heavy atom. The highest BCUT2D eigenvalue weighted by atomic mass is 16.2. The van der Waals surface area contributed by atoms with E-state index >= 15 is 0 Å². The zero-order chi connectivity index (χ0) is 31.7. The summed E-state index contributed by atoms with van der Waals surface area (Å²) < 4.78 is 0.939. The minimum absolute atomic E-state index is 0.0236. The van der Waals surface area contributed by atoms with Gasteiger partial charge < -0.3 is 15.1 Å². The van der Waals surface area contributed by atoms with Gasteiger partial charge >= 0.3 is 0 Å². The molecule has 242 valence electrons. The fraction of sp³-hybridized carbons (Fsp3) is 0.632. The lowest BCUT2D eigenvalue weighted by atomic mass is 9.94. The lowest BCUT2D eigenvalue weighted by Gasteiger charge is -2.47. The molecule has 2 saturated heterocycles. The quantitative estimate of drug-likeness (QED) is 0.180. The average Bonchev–Trinajstić information content (AvgIpc) is 3.00. The van der Waals surface area contributed by atoms with Crippen molar-refractivity contribution in [2.75, 3.05) is 43.4 Å². The Labute approximate surface area is 267 Å². The van der Waals surface area contributed by atoms with E-state index < -0.39 is 0 Å². The molecule has 2 amide bonds. The van der Waals surface area contributed by atoms with Crippen molar-refractivity contribution in [1.29, 1.82) is 0 Å². The molecule has 3 unspecified atom stereocenters. The van der Waals surface area contributed by atoms with Crippen LogP contribution < -0.4 is 10.6 Å². The number of likely N-dealkylation sites (tertiary alicyclic amines) is 2. The summed E-state index contributed by atoms with van der Waals surface area (Å²) >= 11 is 0. The largest absolute Gasteiger partial charge is 0.324 e. The topological polar surface area (TPSA) is 61.4 Å². The second-order valence-electron chi connectivity index (χ2n) is 13.9. The molecule has 44 heavy (non-hydrogen) atoms. The molecule has 0 spiro atoms. The Bertz CT molecular complexity index is 1230. The number of rotatable bonds is 13. The molecule has 0 aliphatic carbocycles. The van der Waals surface area contributed by atoms with Crippen LogP contribution in [0.25, 0.3) is 0 Å². The summed E-state index contributed by atoms with van der Waals surface area (Å²) in [6.07, 6.45) is 12.2. The third-order valence-electron chi connectivity index (χ3n) is 10.4. The van der Waals surface area contributed by atoms with Crippen molar-refractivity contribution in [3.8, 4) is 0 Å². The third kappa shape index (κ3) is 8.51. The lowest BCUT2D eigenvalue weighted by Crippen LogP contribution is -2.63. The number of aryl methyl sites for hydroxylation is 5. The van der Waals surface area contributed by atoms with Crippen LogP contribution in [0.5, 0.6) is 0 Å². The summed E-state index contributed by atoms with van der Waals surface area (Å²) in [5.74, 6) is 0.356. The number of nitrogens with one attached hydrogen (secondary N) is 2. The van der Waals surface area contributed by atoms with Gasteiger partial charge in [-0.05, 0) is 121 Å². The van der Waals surface area contributed by atoms with Crippen LogP contribution >= 0.6 is 0 Å². The van der Waals surface area contributed by atoms with Gasteiger partial charge in [-0.3, -0.25) is 14.5 Å². The number of para-hydroxylation sites is 1. The number of hydrogen-bond acceptors (Lipinski definition) is 3. The van der Waals surface area contributed by atoms with Crippen LogP contribution in [0.2, 0.25) is 0 Å². The smallest absolute Gasteiger partial charge is 0.282 e. The van der Waals surface area contributed by atoms with Gasteiger partial charge in [0.2, 0.25) is 5.91 Å². The van der Waals surface area contributed by atoms with Gasteiger partial charge in [0.05, 0.1) is 25.7 Å². The molecule has 2 heterocycles. The van der Waals surface area contributed by atoms with Gasteiger partial charge in [-0.2, -0.15) is 0 Å². The minimum Gasteiger partial charge on any atom is -0.324 e. The van der Waals surface area contributed by atoms with Crippen LogP contribution in [0.1, 0.15) is 105 Å². The van der Waals surface area contributed by atoms with Gasteiger partial charge in [-0.25, -0.2) is 0 Å². The number of piperidine rings is 2. The highest BCUT2D eigenvalue weighted by molar-refractivity contribution is 5.96. The molecule has 2 aromatic rings. The van der Waals surface area contributed by atoms with E-state index in [4.69, 9.17) is 0 Å². The van der Waals surface area contributed by atoms with Gasteiger partial charge in [-0.15, -0.1) is 0 Å². The highest BCUT2D eigenvalue weighted by Crippen LogP contribution is 2.31. The summed E-state index contributed by atoms with van der Waals surface area (Å²) in [6, 6.07) is 10.5. The van der Waals surface area contributed by atoms with Crippen LogP contribution in [0.4, 0.5) is 11.4 Å². The summed E-state index contributed by atoms with van der Waals surface area (Å²) in [6.45, 7) is 18.0. The molecule has 2 aromatic carbocycles. The zero-order valence-corrected chi connectivity index (χ0v) is 28.6. The summed E-state index contributed by atoms with van der Waals surface area (Å²) in [4.78, 5) is 29.8. The van der Waals surface area contributed by atoms with Crippen molar-refractivity contribution in [2.24, 2.45) is 0 Å². The first kappa shape index (κ1) is 34.2. The predicted octanol–water partition coefficient (Wildman–Crippen LogP) is 8.00. The number of benzene rings is 2. The van der Waals surface area contributed by atoms with Crippen LogP contribution in [0, 0.1) is 34.6 Å². The Morgan fingerprint density at radius 1 is 0.773 bits per heavy atom. The van der Waals surface area contributed by atoms with Crippen LogP contribution in [0.3, 0.4) is 0 Å². The van der Waals surface area contributed by atoms with Crippen molar-refractivity contribution in [1.82, 2.24) is 4.90 Å². The molecular weight excluding hydrogens is 544 g/mol. The molecule has 6 heteroatoms. The fourth-order valence-corrected chi connectivity index (χ4v) is 7.97. The Kier molecular flexibility index (Phi) is 12.5. The van der Waals surface area contributed by atoms with Gasteiger partial charge in [0.25, 0.3) is 5.91 Å². The van der Waals surface area contributed by atoms with Gasteiger partial charge in [0.1, 0.15) is 0 Å². The van der Waals surface area contributed by atoms with E-state index in [1.807, 2.05) is 6.07 Å². The summed E-state index contributed by atoms with van der Waals surface area (Å²) in [7, 11) is 0. The van der Waals surface area contributed by atoms with Gasteiger partial charge in [-0.1, -0.05) is 55.7 Å². The molecule has 3 atom stereocenters. The molecule has 2 N–H and O–H groups in total. The van der Waals surface area contributed by atoms with E-state index in [9.17, 15) is 9.59 Å². The molecule has 0 aromatic heterocycles. The van der Waals surface area contributed by atoms with Crippen molar-refractivity contribution in [2.45, 2.75) is 124 Å². The number of carbonyl (C=O) groups excluding carboxylic acids is 2. The standard InChI is InChI=1S/C38H58N4O2/c1-7-8-23-42(25-15-11-20-34(42)38(44)40-36-31(5)26-28(2)27-32(36)6)24-14-9-12-21-41-22-13-10-19-33(41)37(43)39-35-29(3)17-16-18-30(35)4/h16-18,26-27,33-34H,7-15,19-25H2,1-6H3,(H-,39,40,43,44)/p+1. The first-order valence-corrected chi connectivity index (χ1v) is 17.5.